The number of ether oxygens (including phenoxy) is 1. The molecule has 0 fully saturated rings. The van der Waals surface area contributed by atoms with E-state index in [2.05, 4.69) is 21.2 Å². The number of anilines is 1. The minimum Gasteiger partial charge on any atom is -0.465 e. The summed E-state index contributed by atoms with van der Waals surface area (Å²) in [4.78, 5) is 23.7. The van der Waals surface area contributed by atoms with Crippen molar-refractivity contribution in [2.45, 2.75) is 5.75 Å². The number of nitrogens with one attached hydrogen (secondary N) is 1. The third kappa shape index (κ3) is 5.11. The highest BCUT2D eigenvalue weighted by atomic mass is 79.9. The molecule has 120 valence electrons. The first-order chi connectivity index (χ1) is 11.1. The van der Waals surface area contributed by atoms with Gasteiger partial charge in [-0.05, 0) is 23.8 Å². The molecule has 2 aromatic carbocycles. The Kier molecular flexibility index (Phi) is 6.67. The predicted molar refractivity (Wildman–Crippen MR) is 96.7 cm³/mol. The maximum absolute atomic E-state index is 12.1. The van der Waals surface area contributed by atoms with Crippen LogP contribution < -0.4 is 5.32 Å². The zero-order chi connectivity index (χ0) is 16.7. The average Bonchev–Trinajstić information content (AvgIpc) is 2.56. The second-order valence-electron chi connectivity index (χ2n) is 4.67. The Labute approximate surface area is 147 Å². The van der Waals surface area contributed by atoms with Crippen molar-refractivity contribution in [2.75, 3.05) is 18.2 Å². The third-order valence-corrected chi connectivity index (χ3v) is 4.81. The SMILES string of the molecule is COC(=O)c1ccccc1NC(=O)CSCc1ccccc1Br. The van der Waals surface area contributed by atoms with E-state index < -0.39 is 5.97 Å². The molecule has 0 heterocycles. The predicted octanol–water partition coefficient (Wildman–Crippen LogP) is 4.11. The molecule has 2 rings (SSSR count). The number of thioether (sulfide) groups is 1. The van der Waals surface area contributed by atoms with Crippen molar-refractivity contribution in [1.29, 1.82) is 0 Å². The molecule has 0 radical (unpaired) electrons. The Morgan fingerprint density at radius 3 is 2.57 bits per heavy atom. The van der Waals surface area contributed by atoms with E-state index in [0.29, 0.717) is 17.0 Å². The molecule has 1 amide bonds. The van der Waals surface area contributed by atoms with Crippen molar-refractivity contribution in [3.8, 4) is 0 Å². The summed E-state index contributed by atoms with van der Waals surface area (Å²) in [7, 11) is 1.31. The van der Waals surface area contributed by atoms with Gasteiger partial charge in [-0.25, -0.2) is 4.79 Å². The van der Waals surface area contributed by atoms with E-state index in [4.69, 9.17) is 4.74 Å². The maximum Gasteiger partial charge on any atom is 0.339 e. The van der Waals surface area contributed by atoms with Crippen LogP contribution in [0.1, 0.15) is 15.9 Å². The van der Waals surface area contributed by atoms with Gasteiger partial charge in [0.25, 0.3) is 0 Å². The molecule has 0 bridgehead atoms. The van der Waals surface area contributed by atoms with Crippen molar-refractivity contribution in [3.63, 3.8) is 0 Å². The van der Waals surface area contributed by atoms with Crippen LogP contribution in [-0.4, -0.2) is 24.7 Å². The average molecular weight is 394 g/mol. The van der Waals surface area contributed by atoms with Crippen molar-refractivity contribution < 1.29 is 14.3 Å². The van der Waals surface area contributed by atoms with E-state index in [0.717, 1.165) is 15.8 Å². The minimum absolute atomic E-state index is 0.154. The van der Waals surface area contributed by atoms with Gasteiger partial charge in [0, 0.05) is 10.2 Å². The van der Waals surface area contributed by atoms with Gasteiger partial charge in [-0.2, -0.15) is 0 Å². The highest BCUT2D eigenvalue weighted by molar-refractivity contribution is 9.10. The van der Waals surface area contributed by atoms with E-state index in [-0.39, 0.29) is 5.91 Å². The lowest BCUT2D eigenvalue weighted by atomic mass is 10.2. The lowest BCUT2D eigenvalue weighted by Crippen LogP contribution is -2.17. The molecule has 1 N–H and O–H groups in total. The van der Waals surface area contributed by atoms with Crippen molar-refractivity contribution in [2.24, 2.45) is 0 Å². The van der Waals surface area contributed by atoms with Crippen LogP contribution in [0.5, 0.6) is 0 Å². The van der Waals surface area contributed by atoms with Crippen LogP contribution in [-0.2, 0) is 15.3 Å². The van der Waals surface area contributed by atoms with Crippen LogP contribution >= 0.6 is 27.7 Å². The number of carbonyl (C=O) groups is 2. The summed E-state index contributed by atoms with van der Waals surface area (Å²) in [6.45, 7) is 0. The summed E-state index contributed by atoms with van der Waals surface area (Å²) in [5.74, 6) is 0.407. The number of esters is 1. The van der Waals surface area contributed by atoms with E-state index in [1.54, 1.807) is 24.3 Å². The normalized spacial score (nSPS) is 10.2. The highest BCUT2D eigenvalue weighted by Crippen LogP contribution is 2.22. The van der Waals surface area contributed by atoms with Gasteiger partial charge in [0.2, 0.25) is 5.91 Å². The van der Waals surface area contributed by atoms with E-state index in [9.17, 15) is 9.59 Å². The van der Waals surface area contributed by atoms with E-state index in [1.807, 2.05) is 24.3 Å². The number of hydrogen-bond donors (Lipinski definition) is 1. The monoisotopic (exact) mass is 393 g/mol. The first-order valence-electron chi connectivity index (χ1n) is 6.90. The summed E-state index contributed by atoms with van der Waals surface area (Å²) in [6.07, 6.45) is 0. The molecule has 4 nitrogen and oxygen atoms in total. The number of halogens is 1. The third-order valence-electron chi connectivity index (χ3n) is 3.06. The van der Waals surface area contributed by atoms with Crippen LogP contribution in [0.25, 0.3) is 0 Å². The van der Waals surface area contributed by atoms with Crippen LogP contribution in [0.4, 0.5) is 5.69 Å². The number of benzene rings is 2. The number of methoxy groups -OCH3 is 1. The largest absolute Gasteiger partial charge is 0.465 e. The molecule has 0 aromatic heterocycles. The molecule has 0 aliphatic heterocycles. The summed E-state index contributed by atoms with van der Waals surface area (Å²) in [5, 5.41) is 2.75. The van der Waals surface area contributed by atoms with Crippen LogP contribution in [0.15, 0.2) is 53.0 Å². The highest BCUT2D eigenvalue weighted by Gasteiger charge is 2.13. The Hall–Kier alpha value is -1.79. The zero-order valence-electron chi connectivity index (χ0n) is 12.5. The Morgan fingerprint density at radius 1 is 1.13 bits per heavy atom. The van der Waals surface area contributed by atoms with E-state index in [1.165, 1.54) is 18.9 Å². The molecule has 0 saturated carbocycles. The molecule has 0 saturated heterocycles. The van der Waals surface area contributed by atoms with Gasteiger partial charge in [0.05, 0.1) is 24.1 Å². The van der Waals surface area contributed by atoms with Crippen molar-refractivity contribution in [1.82, 2.24) is 0 Å². The molecule has 0 aliphatic carbocycles. The summed E-state index contributed by atoms with van der Waals surface area (Å²) in [5.41, 5.74) is 1.95. The number of para-hydroxylation sites is 1. The van der Waals surface area contributed by atoms with Crippen molar-refractivity contribution in [3.05, 3.63) is 64.1 Å². The second kappa shape index (κ2) is 8.74. The second-order valence-corrected chi connectivity index (χ2v) is 6.51. The molecular formula is C17H16BrNO3S. The molecular weight excluding hydrogens is 378 g/mol. The van der Waals surface area contributed by atoms with Crippen LogP contribution in [0, 0.1) is 0 Å². The molecule has 0 spiro atoms. The number of amides is 1. The first-order valence-corrected chi connectivity index (χ1v) is 8.85. The fourth-order valence-electron chi connectivity index (χ4n) is 1.94. The molecule has 0 atom stereocenters. The van der Waals surface area contributed by atoms with Gasteiger partial charge in [0.15, 0.2) is 0 Å². The lowest BCUT2D eigenvalue weighted by Gasteiger charge is -2.09. The van der Waals surface area contributed by atoms with Gasteiger partial charge in [-0.1, -0.05) is 46.3 Å². The standard InChI is InChI=1S/C17H16BrNO3S/c1-22-17(21)13-7-3-5-9-15(13)19-16(20)11-23-10-12-6-2-4-8-14(12)18/h2-9H,10-11H2,1H3,(H,19,20). The van der Waals surface area contributed by atoms with Gasteiger partial charge >= 0.3 is 5.97 Å². The van der Waals surface area contributed by atoms with E-state index >= 15 is 0 Å². The first kappa shape index (κ1) is 17.6. The van der Waals surface area contributed by atoms with Gasteiger partial charge in [0.1, 0.15) is 0 Å². The van der Waals surface area contributed by atoms with Gasteiger partial charge in [-0.15, -0.1) is 11.8 Å². The lowest BCUT2D eigenvalue weighted by molar-refractivity contribution is -0.113. The topological polar surface area (TPSA) is 55.4 Å². The molecule has 0 aliphatic rings. The molecule has 0 unspecified atom stereocenters. The molecule has 2 aromatic rings. The van der Waals surface area contributed by atoms with Crippen molar-refractivity contribution >= 4 is 45.3 Å². The van der Waals surface area contributed by atoms with Gasteiger partial charge in [-0.3, -0.25) is 4.79 Å². The Morgan fingerprint density at radius 2 is 1.83 bits per heavy atom. The number of hydrogen-bond acceptors (Lipinski definition) is 4. The smallest absolute Gasteiger partial charge is 0.339 e. The molecule has 6 heteroatoms. The summed E-state index contributed by atoms with van der Waals surface area (Å²) >= 11 is 5.00. The zero-order valence-corrected chi connectivity index (χ0v) is 14.9. The molecule has 23 heavy (non-hydrogen) atoms. The number of rotatable bonds is 6. The fraction of sp³-hybridized carbons (Fsp3) is 0.176. The van der Waals surface area contributed by atoms with Crippen LogP contribution in [0.2, 0.25) is 0 Å². The van der Waals surface area contributed by atoms with Gasteiger partial charge < -0.3 is 10.1 Å². The minimum atomic E-state index is -0.471. The summed E-state index contributed by atoms with van der Waals surface area (Å²) in [6, 6.07) is 14.7. The van der Waals surface area contributed by atoms with Crippen LogP contribution in [0.3, 0.4) is 0 Å². The fourth-order valence-corrected chi connectivity index (χ4v) is 3.38. The number of carbonyl (C=O) groups excluding carboxylic acids is 2. The Bertz CT molecular complexity index is 706. The summed E-state index contributed by atoms with van der Waals surface area (Å²) < 4.78 is 5.74. The maximum atomic E-state index is 12.1. The Balaban J connectivity index is 1.91. The quantitative estimate of drug-likeness (QED) is 0.750.